The van der Waals surface area contributed by atoms with Crippen molar-refractivity contribution in [3.8, 4) is 0 Å². The molecular formula is C16H27NS. The summed E-state index contributed by atoms with van der Waals surface area (Å²) in [4.78, 5) is 1.35. The number of rotatable bonds is 9. The zero-order valence-electron chi connectivity index (χ0n) is 11.9. The summed E-state index contributed by atoms with van der Waals surface area (Å²) in [6, 6.07) is 6.35. The van der Waals surface area contributed by atoms with E-state index in [2.05, 4.69) is 26.0 Å². The molecule has 1 rings (SSSR count). The van der Waals surface area contributed by atoms with Crippen molar-refractivity contribution in [2.75, 3.05) is 11.5 Å². The van der Waals surface area contributed by atoms with Crippen molar-refractivity contribution >= 4 is 17.4 Å². The van der Waals surface area contributed by atoms with Crippen LogP contribution in [0.5, 0.6) is 0 Å². The zero-order chi connectivity index (χ0) is 13.2. The first-order valence-corrected chi connectivity index (χ1v) is 8.21. The van der Waals surface area contributed by atoms with Crippen LogP contribution in [0.3, 0.4) is 0 Å². The van der Waals surface area contributed by atoms with Crippen LogP contribution in [0.15, 0.2) is 23.1 Å². The van der Waals surface area contributed by atoms with Crippen LogP contribution < -0.4 is 5.73 Å². The van der Waals surface area contributed by atoms with Crippen molar-refractivity contribution in [1.29, 1.82) is 0 Å². The van der Waals surface area contributed by atoms with Gasteiger partial charge in [-0.05, 0) is 42.9 Å². The number of nitrogens with two attached hydrogens (primary N) is 1. The SMILES string of the molecule is CCCCCCCCCSc1ccc(N)c(C)c1. The maximum absolute atomic E-state index is 5.81. The average Bonchev–Trinajstić information content (AvgIpc) is 2.37. The normalized spacial score (nSPS) is 10.8. The summed E-state index contributed by atoms with van der Waals surface area (Å²) < 4.78 is 0. The Morgan fingerprint density at radius 1 is 1.00 bits per heavy atom. The third-order valence-corrected chi connectivity index (χ3v) is 4.34. The molecule has 2 N–H and O–H groups in total. The van der Waals surface area contributed by atoms with E-state index in [1.165, 1.54) is 61.2 Å². The van der Waals surface area contributed by atoms with Gasteiger partial charge in [0.1, 0.15) is 0 Å². The van der Waals surface area contributed by atoms with Crippen molar-refractivity contribution in [3.05, 3.63) is 23.8 Å². The summed E-state index contributed by atoms with van der Waals surface area (Å²) in [6.07, 6.45) is 9.69. The lowest BCUT2D eigenvalue weighted by Gasteiger charge is -2.05. The Morgan fingerprint density at radius 2 is 1.67 bits per heavy atom. The third kappa shape index (κ3) is 6.34. The Labute approximate surface area is 117 Å². The molecule has 0 heterocycles. The van der Waals surface area contributed by atoms with Gasteiger partial charge in [-0.15, -0.1) is 11.8 Å². The first-order valence-electron chi connectivity index (χ1n) is 7.23. The van der Waals surface area contributed by atoms with Gasteiger partial charge in [0.05, 0.1) is 0 Å². The molecule has 0 aliphatic carbocycles. The molecule has 0 aromatic heterocycles. The highest BCUT2D eigenvalue weighted by atomic mass is 32.2. The van der Waals surface area contributed by atoms with Crippen molar-refractivity contribution < 1.29 is 0 Å². The number of benzene rings is 1. The number of hydrogen-bond acceptors (Lipinski definition) is 2. The van der Waals surface area contributed by atoms with E-state index in [-0.39, 0.29) is 0 Å². The minimum Gasteiger partial charge on any atom is -0.399 e. The van der Waals surface area contributed by atoms with Gasteiger partial charge in [-0.2, -0.15) is 0 Å². The topological polar surface area (TPSA) is 26.0 Å². The van der Waals surface area contributed by atoms with Gasteiger partial charge in [-0.1, -0.05) is 45.4 Å². The maximum atomic E-state index is 5.81. The van der Waals surface area contributed by atoms with Crippen molar-refractivity contribution in [2.24, 2.45) is 0 Å². The monoisotopic (exact) mass is 265 g/mol. The second-order valence-electron chi connectivity index (χ2n) is 4.99. The highest BCUT2D eigenvalue weighted by Crippen LogP contribution is 2.23. The van der Waals surface area contributed by atoms with Gasteiger partial charge >= 0.3 is 0 Å². The molecule has 18 heavy (non-hydrogen) atoms. The second-order valence-corrected chi connectivity index (χ2v) is 6.16. The van der Waals surface area contributed by atoms with E-state index in [1.807, 2.05) is 17.8 Å². The first-order chi connectivity index (χ1) is 8.74. The summed E-state index contributed by atoms with van der Waals surface area (Å²) in [6.45, 7) is 4.35. The summed E-state index contributed by atoms with van der Waals surface area (Å²) >= 11 is 1.96. The molecule has 0 radical (unpaired) electrons. The molecule has 1 nitrogen and oxygen atoms in total. The minimum absolute atomic E-state index is 0.898. The van der Waals surface area contributed by atoms with E-state index < -0.39 is 0 Å². The van der Waals surface area contributed by atoms with Gasteiger partial charge in [0.15, 0.2) is 0 Å². The molecule has 0 bridgehead atoms. The predicted molar refractivity (Wildman–Crippen MR) is 84.3 cm³/mol. The first kappa shape index (κ1) is 15.4. The molecular weight excluding hydrogens is 238 g/mol. The summed E-state index contributed by atoms with van der Waals surface area (Å²) in [5, 5.41) is 0. The Hall–Kier alpha value is -0.630. The van der Waals surface area contributed by atoms with Crippen LogP contribution in [0, 0.1) is 6.92 Å². The Balaban J connectivity index is 2.05. The van der Waals surface area contributed by atoms with E-state index in [0.29, 0.717) is 0 Å². The number of anilines is 1. The van der Waals surface area contributed by atoms with Crippen LogP contribution in [0.2, 0.25) is 0 Å². The van der Waals surface area contributed by atoms with Gasteiger partial charge in [0.25, 0.3) is 0 Å². The molecule has 102 valence electrons. The quantitative estimate of drug-likeness (QED) is 0.366. The summed E-state index contributed by atoms with van der Waals surface area (Å²) in [5.74, 6) is 1.23. The molecule has 0 fully saturated rings. The molecule has 1 aromatic rings. The number of aryl methyl sites for hydroxylation is 1. The standard InChI is InChI=1S/C16H27NS/c1-3-4-5-6-7-8-9-12-18-15-10-11-16(17)14(2)13-15/h10-11,13H,3-9,12,17H2,1-2H3. The van der Waals surface area contributed by atoms with Gasteiger partial charge in [0, 0.05) is 10.6 Å². The fourth-order valence-electron chi connectivity index (χ4n) is 1.99. The Morgan fingerprint density at radius 3 is 2.33 bits per heavy atom. The van der Waals surface area contributed by atoms with Gasteiger partial charge < -0.3 is 5.73 Å². The van der Waals surface area contributed by atoms with Crippen molar-refractivity contribution in [3.63, 3.8) is 0 Å². The lowest BCUT2D eigenvalue weighted by Crippen LogP contribution is -1.89. The van der Waals surface area contributed by atoms with E-state index in [1.54, 1.807) is 0 Å². The van der Waals surface area contributed by atoms with Crippen LogP contribution in [0.25, 0.3) is 0 Å². The molecule has 0 saturated carbocycles. The fourth-order valence-corrected chi connectivity index (χ4v) is 3.00. The number of thioether (sulfide) groups is 1. The van der Waals surface area contributed by atoms with E-state index in [0.717, 1.165) is 5.69 Å². The lowest BCUT2D eigenvalue weighted by molar-refractivity contribution is 0.603. The fraction of sp³-hybridized carbons (Fsp3) is 0.625. The minimum atomic E-state index is 0.898. The van der Waals surface area contributed by atoms with Crippen molar-refractivity contribution in [1.82, 2.24) is 0 Å². The van der Waals surface area contributed by atoms with E-state index in [4.69, 9.17) is 5.73 Å². The molecule has 0 saturated heterocycles. The van der Waals surface area contributed by atoms with Crippen LogP contribution in [-0.4, -0.2) is 5.75 Å². The molecule has 0 aliphatic rings. The van der Waals surface area contributed by atoms with Gasteiger partial charge in [0.2, 0.25) is 0 Å². The highest BCUT2D eigenvalue weighted by molar-refractivity contribution is 7.99. The molecule has 0 spiro atoms. The molecule has 0 unspecified atom stereocenters. The lowest BCUT2D eigenvalue weighted by atomic mass is 10.1. The average molecular weight is 265 g/mol. The second kappa shape index (κ2) is 9.32. The maximum Gasteiger partial charge on any atom is 0.0344 e. The largest absolute Gasteiger partial charge is 0.399 e. The number of nitrogen functional groups attached to an aromatic ring is 1. The molecule has 2 heteroatoms. The van der Waals surface area contributed by atoms with Crippen LogP contribution in [0.4, 0.5) is 5.69 Å². The third-order valence-electron chi connectivity index (χ3n) is 3.26. The zero-order valence-corrected chi connectivity index (χ0v) is 12.7. The number of hydrogen-bond donors (Lipinski definition) is 1. The smallest absolute Gasteiger partial charge is 0.0344 e. The highest BCUT2D eigenvalue weighted by Gasteiger charge is 1.98. The molecule has 0 atom stereocenters. The van der Waals surface area contributed by atoms with Crippen LogP contribution in [0.1, 0.15) is 57.4 Å². The van der Waals surface area contributed by atoms with Crippen LogP contribution >= 0.6 is 11.8 Å². The van der Waals surface area contributed by atoms with Gasteiger partial charge in [-0.3, -0.25) is 0 Å². The molecule has 0 amide bonds. The van der Waals surface area contributed by atoms with Gasteiger partial charge in [-0.25, -0.2) is 0 Å². The number of unbranched alkanes of at least 4 members (excludes halogenated alkanes) is 6. The van der Waals surface area contributed by atoms with Crippen molar-refractivity contribution in [2.45, 2.75) is 63.7 Å². The Kier molecular flexibility index (Phi) is 7.99. The predicted octanol–water partition coefficient (Wildman–Crippen LogP) is 5.42. The van der Waals surface area contributed by atoms with E-state index >= 15 is 0 Å². The Bertz CT molecular complexity index is 336. The summed E-state index contributed by atoms with van der Waals surface area (Å²) in [7, 11) is 0. The van der Waals surface area contributed by atoms with Crippen LogP contribution in [-0.2, 0) is 0 Å². The molecule has 1 aromatic carbocycles. The molecule has 0 aliphatic heterocycles. The van der Waals surface area contributed by atoms with E-state index in [9.17, 15) is 0 Å². The summed E-state index contributed by atoms with van der Waals surface area (Å²) in [5.41, 5.74) is 7.91.